The van der Waals surface area contributed by atoms with Gasteiger partial charge in [-0.3, -0.25) is 4.90 Å². The van der Waals surface area contributed by atoms with E-state index in [9.17, 15) is 0 Å². The minimum atomic E-state index is 0.581. The van der Waals surface area contributed by atoms with Crippen LogP contribution in [-0.2, 0) is 0 Å². The summed E-state index contributed by atoms with van der Waals surface area (Å²) < 4.78 is 5.07. The predicted molar refractivity (Wildman–Crippen MR) is 52.0 cm³/mol. The predicted octanol–water partition coefficient (Wildman–Crippen LogP) is 2.27. The maximum Gasteiger partial charge on any atom is 0.184 e. The Morgan fingerprint density at radius 1 is 1.54 bits per heavy atom. The third kappa shape index (κ3) is 2.04. The van der Waals surface area contributed by atoms with Gasteiger partial charge in [-0.05, 0) is 18.2 Å². The Balaban J connectivity index is 3.17. The van der Waals surface area contributed by atoms with Crippen LogP contribution in [0.4, 0.5) is 5.69 Å². The van der Waals surface area contributed by atoms with Gasteiger partial charge < -0.3 is 4.74 Å². The van der Waals surface area contributed by atoms with E-state index in [1.807, 2.05) is 6.19 Å². The molecule has 1 rings (SSSR count). The van der Waals surface area contributed by atoms with Crippen molar-refractivity contribution < 1.29 is 4.74 Å². The third-order valence-corrected chi connectivity index (χ3v) is 1.89. The van der Waals surface area contributed by atoms with Crippen molar-refractivity contribution in [2.45, 2.75) is 0 Å². The van der Waals surface area contributed by atoms with Crippen molar-refractivity contribution in [3.8, 4) is 11.9 Å². The highest BCUT2D eigenvalue weighted by molar-refractivity contribution is 6.30. The molecule has 0 aliphatic heterocycles. The molecule has 13 heavy (non-hydrogen) atoms. The number of ether oxygens (including phenoxy) is 1. The quantitative estimate of drug-likeness (QED) is 0.538. The molecule has 0 spiro atoms. The molecule has 1 aromatic rings. The minimum absolute atomic E-state index is 0.581. The van der Waals surface area contributed by atoms with Gasteiger partial charge in [0.2, 0.25) is 0 Å². The zero-order chi connectivity index (χ0) is 9.84. The number of benzene rings is 1. The molecule has 1 aromatic carbocycles. The van der Waals surface area contributed by atoms with Crippen LogP contribution in [0.15, 0.2) is 18.2 Å². The molecule has 0 saturated carbocycles. The maximum atomic E-state index is 8.68. The third-order valence-electron chi connectivity index (χ3n) is 1.65. The standard InChI is InChI=1S/C9H9ClN2O/c1-12(6-11)8-5-7(10)3-4-9(8)13-2/h3-5H,1-2H3. The summed E-state index contributed by atoms with van der Waals surface area (Å²) in [5.74, 6) is 0.633. The minimum Gasteiger partial charge on any atom is -0.495 e. The summed E-state index contributed by atoms with van der Waals surface area (Å²) in [5.41, 5.74) is 0.664. The van der Waals surface area contributed by atoms with E-state index in [1.165, 1.54) is 4.90 Å². The number of nitriles is 1. The van der Waals surface area contributed by atoms with Crippen molar-refractivity contribution in [2.75, 3.05) is 19.1 Å². The number of methoxy groups -OCH3 is 1. The van der Waals surface area contributed by atoms with Gasteiger partial charge in [0.05, 0.1) is 12.8 Å². The van der Waals surface area contributed by atoms with Crippen molar-refractivity contribution in [1.82, 2.24) is 0 Å². The van der Waals surface area contributed by atoms with Gasteiger partial charge in [0.1, 0.15) is 5.75 Å². The number of halogens is 1. The first-order valence-corrected chi connectivity index (χ1v) is 4.04. The fraction of sp³-hybridized carbons (Fsp3) is 0.222. The normalized spacial score (nSPS) is 9.08. The van der Waals surface area contributed by atoms with Crippen LogP contribution < -0.4 is 9.64 Å². The molecule has 0 radical (unpaired) electrons. The van der Waals surface area contributed by atoms with Crippen LogP contribution >= 0.6 is 11.6 Å². The monoisotopic (exact) mass is 196 g/mol. The highest BCUT2D eigenvalue weighted by Gasteiger charge is 2.07. The SMILES string of the molecule is COc1ccc(Cl)cc1N(C)C#N. The molecule has 0 aliphatic rings. The van der Waals surface area contributed by atoms with Gasteiger partial charge in [0.25, 0.3) is 0 Å². The van der Waals surface area contributed by atoms with Crippen molar-refractivity contribution >= 4 is 17.3 Å². The van der Waals surface area contributed by atoms with E-state index in [-0.39, 0.29) is 0 Å². The first kappa shape index (κ1) is 9.69. The van der Waals surface area contributed by atoms with Gasteiger partial charge in [-0.25, -0.2) is 0 Å². The van der Waals surface area contributed by atoms with E-state index in [1.54, 1.807) is 32.4 Å². The van der Waals surface area contributed by atoms with Gasteiger partial charge in [0, 0.05) is 12.1 Å². The first-order chi connectivity index (χ1) is 6.19. The number of hydrogen-bond acceptors (Lipinski definition) is 3. The molecule has 0 fully saturated rings. The summed E-state index contributed by atoms with van der Waals surface area (Å²) in [7, 11) is 3.20. The van der Waals surface area contributed by atoms with Crippen LogP contribution in [0, 0.1) is 11.5 Å². The molecule has 3 nitrogen and oxygen atoms in total. The number of rotatable bonds is 2. The van der Waals surface area contributed by atoms with Crippen LogP contribution in [-0.4, -0.2) is 14.2 Å². The molecule has 0 aliphatic carbocycles. The molecule has 0 saturated heterocycles. The Bertz CT molecular complexity index is 346. The van der Waals surface area contributed by atoms with E-state index in [0.29, 0.717) is 16.5 Å². The molecule has 0 amide bonds. The lowest BCUT2D eigenvalue weighted by molar-refractivity contribution is 0.415. The van der Waals surface area contributed by atoms with E-state index < -0.39 is 0 Å². The summed E-state index contributed by atoms with van der Waals surface area (Å²) in [6, 6.07) is 5.13. The van der Waals surface area contributed by atoms with Crippen molar-refractivity contribution in [3.63, 3.8) is 0 Å². The fourth-order valence-electron chi connectivity index (χ4n) is 0.979. The Kier molecular flexibility index (Phi) is 2.99. The van der Waals surface area contributed by atoms with Crippen LogP contribution in [0.1, 0.15) is 0 Å². The lowest BCUT2D eigenvalue weighted by Crippen LogP contribution is -2.09. The molecule has 0 heterocycles. The summed E-state index contributed by atoms with van der Waals surface area (Å²) in [6.07, 6.45) is 1.98. The Morgan fingerprint density at radius 2 is 2.23 bits per heavy atom. The summed E-state index contributed by atoms with van der Waals surface area (Å²) >= 11 is 5.78. The number of anilines is 1. The molecular weight excluding hydrogens is 188 g/mol. The van der Waals surface area contributed by atoms with Gasteiger partial charge in [-0.15, -0.1) is 0 Å². The largest absolute Gasteiger partial charge is 0.495 e. The van der Waals surface area contributed by atoms with Crippen molar-refractivity contribution in [2.24, 2.45) is 0 Å². The van der Waals surface area contributed by atoms with E-state index in [2.05, 4.69) is 0 Å². The Hall–Kier alpha value is -1.40. The van der Waals surface area contributed by atoms with Crippen molar-refractivity contribution in [3.05, 3.63) is 23.2 Å². The van der Waals surface area contributed by atoms with E-state index in [4.69, 9.17) is 21.6 Å². The molecule has 0 unspecified atom stereocenters. The smallest absolute Gasteiger partial charge is 0.184 e. The zero-order valence-electron chi connectivity index (χ0n) is 7.41. The average molecular weight is 197 g/mol. The highest BCUT2D eigenvalue weighted by Crippen LogP contribution is 2.29. The first-order valence-electron chi connectivity index (χ1n) is 3.66. The van der Waals surface area contributed by atoms with Gasteiger partial charge >= 0.3 is 0 Å². The topological polar surface area (TPSA) is 36.3 Å². The van der Waals surface area contributed by atoms with Crippen LogP contribution in [0.25, 0.3) is 0 Å². The van der Waals surface area contributed by atoms with Crippen LogP contribution in [0.2, 0.25) is 5.02 Å². The molecule has 0 bridgehead atoms. The molecule has 68 valence electrons. The van der Waals surface area contributed by atoms with Gasteiger partial charge in [-0.1, -0.05) is 11.6 Å². The maximum absolute atomic E-state index is 8.68. The second-order valence-electron chi connectivity index (χ2n) is 2.48. The fourth-order valence-corrected chi connectivity index (χ4v) is 1.15. The van der Waals surface area contributed by atoms with Crippen LogP contribution in [0.5, 0.6) is 5.75 Å². The molecule has 0 N–H and O–H groups in total. The number of hydrogen-bond donors (Lipinski definition) is 0. The average Bonchev–Trinajstić information content (AvgIpc) is 2.16. The number of nitrogens with zero attached hydrogens (tertiary/aromatic N) is 2. The Labute approximate surface area is 82.1 Å². The molecular formula is C9H9ClN2O. The van der Waals surface area contributed by atoms with Gasteiger partial charge in [-0.2, -0.15) is 5.26 Å². The second kappa shape index (κ2) is 4.01. The summed E-state index contributed by atoms with van der Waals surface area (Å²) in [6.45, 7) is 0. The highest BCUT2D eigenvalue weighted by atomic mass is 35.5. The lowest BCUT2D eigenvalue weighted by Gasteiger charge is -2.13. The molecule has 0 atom stereocenters. The second-order valence-corrected chi connectivity index (χ2v) is 2.91. The molecule has 4 heteroatoms. The Morgan fingerprint density at radius 3 is 2.77 bits per heavy atom. The lowest BCUT2D eigenvalue weighted by atomic mass is 10.3. The van der Waals surface area contributed by atoms with E-state index >= 15 is 0 Å². The zero-order valence-corrected chi connectivity index (χ0v) is 8.17. The van der Waals surface area contributed by atoms with Crippen molar-refractivity contribution in [1.29, 1.82) is 5.26 Å². The molecule has 0 aromatic heterocycles. The summed E-state index contributed by atoms with van der Waals surface area (Å²) in [4.78, 5) is 1.39. The van der Waals surface area contributed by atoms with Crippen LogP contribution in [0.3, 0.4) is 0 Å². The van der Waals surface area contributed by atoms with E-state index in [0.717, 1.165) is 0 Å². The summed E-state index contributed by atoms with van der Waals surface area (Å²) in [5, 5.41) is 9.26. The van der Waals surface area contributed by atoms with Gasteiger partial charge in [0.15, 0.2) is 6.19 Å².